The highest BCUT2D eigenvalue weighted by molar-refractivity contribution is 5.69. The van der Waals surface area contributed by atoms with Crippen molar-refractivity contribution in [2.75, 3.05) is 5.73 Å². The Morgan fingerprint density at radius 3 is 2.78 bits per heavy atom. The number of benzene rings is 1. The number of aromatic nitrogens is 3. The zero-order valence-corrected chi connectivity index (χ0v) is 9.93. The summed E-state index contributed by atoms with van der Waals surface area (Å²) in [5, 5.41) is 0. The normalized spacial score (nSPS) is 10.9. The maximum atomic E-state index is 5.92. The highest BCUT2D eigenvalue weighted by Gasteiger charge is 2.04. The fourth-order valence-corrected chi connectivity index (χ4v) is 2.03. The van der Waals surface area contributed by atoms with Gasteiger partial charge < -0.3 is 10.7 Å². The van der Waals surface area contributed by atoms with Gasteiger partial charge in [0, 0.05) is 18.3 Å². The van der Waals surface area contributed by atoms with Gasteiger partial charge >= 0.3 is 0 Å². The number of aryl methyl sites for hydroxylation is 2. The van der Waals surface area contributed by atoms with Crippen molar-refractivity contribution in [2.24, 2.45) is 0 Å². The van der Waals surface area contributed by atoms with Crippen molar-refractivity contribution in [3.8, 4) is 0 Å². The zero-order chi connectivity index (χ0) is 12.4. The van der Waals surface area contributed by atoms with Crippen LogP contribution >= 0.6 is 0 Å². The van der Waals surface area contributed by atoms with Gasteiger partial charge in [0.15, 0.2) is 5.65 Å². The van der Waals surface area contributed by atoms with Gasteiger partial charge in [-0.15, -0.1) is 0 Å². The Kier molecular flexibility index (Phi) is 2.68. The van der Waals surface area contributed by atoms with Crippen LogP contribution in [0.1, 0.15) is 11.4 Å². The smallest absolute Gasteiger partial charge is 0.177 e. The van der Waals surface area contributed by atoms with Gasteiger partial charge in [-0.2, -0.15) is 0 Å². The van der Waals surface area contributed by atoms with E-state index in [1.807, 2.05) is 30.3 Å². The number of fused-ring (bicyclic) bond motifs is 1. The van der Waals surface area contributed by atoms with E-state index in [1.54, 1.807) is 6.20 Å². The van der Waals surface area contributed by atoms with E-state index < -0.39 is 0 Å². The molecule has 90 valence electrons. The third kappa shape index (κ3) is 2.05. The molecule has 4 nitrogen and oxygen atoms in total. The second kappa shape index (κ2) is 4.49. The van der Waals surface area contributed by atoms with Crippen LogP contribution in [-0.2, 0) is 12.8 Å². The van der Waals surface area contributed by atoms with E-state index in [4.69, 9.17) is 5.73 Å². The number of nitrogens with one attached hydrogen (secondary N) is 1. The average Bonchev–Trinajstić information content (AvgIpc) is 2.80. The lowest BCUT2D eigenvalue weighted by Gasteiger charge is -2.03. The number of hydrogen-bond donors (Lipinski definition) is 2. The molecule has 2 heterocycles. The number of aromatic amines is 1. The minimum atomic E-state index is 0.772. The molecular weight excluding hydrogens is 224 g/mol. The molecule has 0 amide bonds. The van der Waals surface area contributed by atoms with Crippen LogP contribution in [0, 0.1) is 0 Å². The fraction of sp³-hybridized carbons (Fsp3) is 0.143. The lowest BCUT2D eigenvalue weighted by atomic mass is 10.1. The van der Waals surface area contributed by atoms with Crippen molar-refractivity contribution >= 4 is 16.9 Å². The van der Waals surface area contributed by atoms with E-state index in [1.165, 1.54) is 0 Å². The number of para-hydroxylation sites is 1. The minimum absolute atomic E-state index is 0.772. The summed E-state index contributed by atoms with van der Waals surface area (Å²) in [5.74, 6) is 0.951. The van der Waals surface area contributed by atoms with E-state index >= 15 is 0 Å². The molecule has 0 aliphatic carbocycles. The maximum absolute atomic E-state index is 5.92. The van der Waals surface area contributed by atoms with Crippen LogP contribution in [0.3, 0.4) is 0 Å². The Balaban J connectivity index is 1.79. The first-order valence-corrected chi connectivity index (χ1v) is 5.96. The van der Waals surface area contributed by atoms with Crippen LogP contribution in [0.25, 0.3) is 11.2 Å². The first kappa shape index (κ1) is 10.8. The van der Waals surface area contributed by atoms with E-state index in [0.29, 0.717) is 0 Å². The highest BCUT2D eigenvalue weighted by atomic mass is 15.0. The molecule has 0 spiro atoms. The van der Waals surface area contributed by atoms with Gasteiger partial charge in [0.05, 0.1) is 5.52 Å². The monoisotopic (exact) mass is 238 g/mol. The van der Waals surface area contributed by atoms with Gasteiger partial charge in [-0.3, -0.25) is 0 Å². The van der Waals surface area contributed by atoms with Gasteiger partial charge in [-0.1, -0.05) is 18.2 Å². The summed E-state index contributed by atoms with van der Waals surface area (Å²) in [7, 11) is 0. The molecule has 3 aromatic rings. The number of anilines is 1. The Morgan fingerprint density at radius 2 is 1.94 bits per heavy atom. The molecule has 0 fully saturated rings. The second-order valence-electron chi connectivity index (χ2n) is 4.26. The summed E-state index contributed by atoms with van der Waals surface area (Å²) in [4.78, 5) is 11.9. The third-order valence-electron chi connectivity index (χ3n) is 2.99. The van der Waals surface area contributed by atoms with Crippen molar-refractivity contribution < 1.29 is 0 Å². The lowest BCUT2D eigenvalue weighted by molar-refractivity contribution is 0.891. The SMILES string of the molecule is Nc1ccccc1CCc1nc2ncccc2[nH]1. The molecule has 3 rings (SSSR count). The number of H-pyrrole nitrogens is 1. The first-order valence-electron chi connectivity index (χ1n) is 5.96. The van der Waals surface area contributed by atoms with Crippen molar-refractivity contribution in [1.82, 2.24) is 15.0 Å². The number of pyridine rings is 1. The third-order valence-corrected chi connectivity index (χ3v) is 2.99. The van der Waals surface area contributed by atoms with E-state index in [2.05, 4.69) is 21.0 Å². The molecule has 0 radical (unpaired) electrons. The maximum Gasteiger partial charge on any atom is 0.177 e. The summed E-state index contributed by atoms with van der Waals surface area (Å²) in [6.07, 6.45) is 3.47. The van der Waals surface area contributed by atoms with Gasteiger partial charge in [-0.05, 0) is 30.2 Å². The molecule has 0 aliphatic rings. The number of imidazole rings is 1. The largest absolute Gasteiger partial charge is 0.399 e. The van der Waals surface area contributed by atoms with Gasteiger partial charge in [0.25, 0.3) is 0 Å². The highest BCUT2D eigenvalue weighted by Crippen LogP contribution is 2.14. The number of nitrogens with two attached hydrogens (primary N) is 1. The molecular formula is C14H14N4. The Bertz CT molecular complexity index is 639. The molecule has 0 atom stereocenters. The number of nitrogen functional groups attached to an aromatic ring is 1. The predicted molar refractivity (Wildman–Crippen MR) is 72.2 cm³/mol. The van der Waals surface area contributed by atoms with Crippen molar-refractivity contribution in [2.45, 2.75) is 12.8 Å². The minimum Gasteiger partial charge on any atom is -0.399 e. The van der Waals surface area contributed by atoms with Crippen LogP contribution < -0.4 is 5.73 Å². The summed E-state index contributed by atoms with van der Waals surface area (Å²) in [6.45, 7) is 0. The number of nitrogens with zero attached hydrogens (tertiary/aromatic N) is 2. The quantitative estimate of drug-likeness (QED) is 0.688. The van der Waals surface area contributed by atoms with E-state index in [0.717, 1.165) is 41.1 Å². The first-order chi connectivity index (χ1) is 8.83. The summed E-state index contributed by atoms with van der Waals surface area (Å²) in [6, 6.07) is 11.8. The van der Waals surface area contributed by atoms with Gasteiger partial charge in [-0.25, -0.2) is 9.97 Å². The molecule has 0 bridgehead atoms. The van der Waals surface area contributed by atoms with Crippen molar-refractivity contribution in [3.05, 3.63) is 54.0 Å². The molecule has 0 aliphatic heterocycles. The van der Waals surface area contributed by atoms with Gasteiger partial charge in [0.2, 0.25) is 0 Å². The summed E-state index contributed by atoms with van der Waals surface area (Å²) < 4.78 is 0. The van der Waals surface area contributed by atoms with Crippen molar-refractivity contribution in [1.29, 1.82) is 0 Å². The molecule has 0 saturated heterocycles. The van der Waals surface area contributed by atoms with E-state index in [9.17, 15) is 0 Å². The number of hydrogen-bond acceptors (Lipinski definition) is 3. The predicted octanol–water partition coefficient (Wildman–Crippen LogP) is 2.33. The van der Waals surface area contributed by atoms with Crippen LogP contribution in [0.2, 0.25) is 0 Å². The fourth-order valence-electron chi connectivity index (χ4n) is 2.03. The van der Waals surface area contributed by atoms with Gasteiger partial charge in [0.1, 0.15) is 5.82 Å². The standard InChI is InChI=1S/C14H14N4/c15-11-5-2-1-4-10(11)7-8-13-17-12-6-3-9-16-14(12)18-13/h1-6,9H,7-8,15H2,(H,16,17,18). The van der Waals surface area contributed by atoms with Crippen LogP contribution in [0.5, 0.6) is 0 Å². The summed E-state index contributed by atoms with van der Waals surface area (Å²) in [5.41, 5.74) is 9.67. The topological polar surface area (TPSA) is 67.6 Å². The summed E-state index contributed by atoms with van der Waals surface area (Å²) >= 11 is 0. The average molecular weight is 238 g/mol. The Morgan fingerprint density at radius 1 is 1.06 bits per heavy atom. The zero-order valence-electron chi connectivity index (χ0n) is 9.93. The lowest BCUT2D eigenvalue weighted by Crippen LogP contribution is -1.97. The molecule has 0 saturated carbocycles. The van der Waals surface area contributed by atoms with Crippen LogP contribution in [-0.4, -0.2) is 15.0 Å². The Hall–Kier alpha value is -2.36. The molecule has 3 N–H and O–H groups in total. The number of rotatable bonds is 3. The molecule has 1 aromatic carbocycles. The molecule has 18 heavy (non-hydrogen) atoms. The second-order valence-corrected chi connectivity index (χ2v) is 4.26. The molecule has 4 heteroatoms. The molecule has 0 unspecified atom stereocenters. The Labute approximate surface area is 105 Å². The molecule has 2 aromatic heterocycles. The van der Waals surface area contributed by atoms with E-state index in [-0.39, 0.29) is 0 Å². The van der Waals surface area contributed by atoms with Crippen LogP contribution in [0.4, 0.5) is 5.69 Å². The van der Waals surface area contributed by atoms with Crippen molar-refractivity contribution in [3.63, 3.8) is 0 Å². The van der Waals surface area contributed by atoms with Crippen LogP contribution in [0.15, 0.2) is 42.6 Å².